The molecule has 0 amide bonds. The maximum absolute atomic E-state index is 5.42. The van der Waals surface area contributed by atoms with Crippen LogP contribution in [0.3, 0.4) is 0 Å². The molecule has 0 saturated heterocycles. The van der Waals surface area contributed by atoms with Gasteiger partial charge in [0.05, 0.1) is 8.66 Å². The van der Waals surface area contributed by atoms with Crippen LogP contribution in [0.4, 0.5) is 0 Å². The van der Waals surface area contributed by atoms with Gasteiger partial charge in [0, 0.05) is 10.9 Å². The molecule has 0 aliphatic rings. The Balaban J connectivity index is 2.18. The van der Waals surface area contributed by atoms with Gasteiger partial charge in [-0.15, -0.1) is 11.3 Å². The highest BCUT2D eigenvalue weighted by Crippen LogP contribution is 2.37. The van der Waals surface area contributed by atoms with E-state index in [0.717, 1.165) is 26.0 Å². The molecule has 0 radical (unpaired) electrons. The van der Waals surface area contributed by atoms with Crippen LogP contribution in [0.5, 0.6) is 0 Å². The summed E-state index contributed by atoms with van der Waals surface area (Å²) in [7, 11) is 0. The molecule has 0 fully saturated rings. The number of rotatable bonds is 4. The smallest absolute Gasteiger partial charge is 0.268 e. The van der Waals surface area contributed by atoms with E-state index >= 15 is 0 Å². The largest absolute Gasteiger partial charge is 0.333 e. The molecule has 0 aromatic carbocycles. The highest BCUT2D eigenvalue weighted by Gasteiger charge is 2.13. The van der Waals surface area contributed by atoms with Crippen molar-refractivity contribution in [3.8, 4) is 10.8 Å². The van der Waals surface area contributed by atoms with Gasteiger partial charge in [-0.05, 0) is 50.9 Å². The molecule has 0 aliphatic carbocycles. The second-order valence-electron chi connectivity index (χ2n) is 3.14. The lowest BCUT2D eigenvalue weighted by Gasteiger charge is -1.88. The Morgan fingerprint density at radius 1 is 1.44 bits per heavy atom. The molecule has 2 aromatic heterocycles. The molecular weight excluding hydrogens is 358 g/mol. The van der Waals surface area contributed by atoms with Gasteiger partial charge < -0.3 is 10.3 Å². The Kier molecular flexibility index (Phi) is 4.12. The minimum absolute atomic E-state index is 0.559. The van der Waals surface area contributed by atoms with Crippen LogP contribution in [-0.4, -0.2) is 16.7 Å². The molecule has 2 N–H and O–H groups in total. The van der Waals surface area contributed by atoms with Gasteiger partial charge in [-0.1, -0.05) is 5.16 Å². The topological polar surface area (TPSA) is 64.9 Å². The van der Waals surface area contributed by atoms with Gasteiger partial charge in [-0.25, -0.2) is 0 Å². The first-order valence-corrected chi connectivity index (χ1v) is 7.09. The Morgan fingerprint density at radius 2 is 2.25 bits per heavy atom. The van der Waals surface area contributed by atoms with Crippen LogP contribution in [0.2, 0.25) is 0 Å². The van der Waals surface area contributed by atoms with Crippen molar-refractivity contribution in [2.45, 2.75) is 12.8 Å². The Bertz CT molecular complexity index is 463. The summed E-state index contributed by atoms with van der Waals surface area (Å²) in [5.41, 5.74) is 5.42. The summed E-state index contributed by atoms with van der Waals surface area (Å²) >= 11 is 8.40. The molecule has 2 rings (SSSR count). The maximum atomic E-state index is 5.42. The van der Waals surface area contributed by atoms with Gasteiger partial charge in [-0.2, -0.15) is 4.98 Å². The molecule has 7 heteroatoms. The number of nitrogens with zero attached hydrogens (tertiary/aromatic N) is 2. The standard InChI is InChI=1S/C9H9Br2N3OS/c10-5-4-6(16-8(5)11)9-13-7(14-15-9)2-1-3-12/h4H,1-3,12H2. The number of hydrogen-bond acceptors (Lipinski definition) is 5. The summed E-state index contributed by atoms with van der Waals surface area (Å²) in [6, 6.07) is 1.95. The molecule has 86 valence electrons. The number of halogens is 2. The van der Waals surface area contributed by atoms with Gasteiger partial charge in [0.25, 0.3) is 5.89 Å². The van der Waals surface area contributed by atoms with Crippen LogP contribution < -0.4 is 5.73 Å². The number of hydrogen-bond donors (Lipinski definition) is 1. The van der Waals surface area contributed by atoms with E-state index in [9.17, 15) is 0 Å². The van der Waals surface area contributed by atoms with E-state index in [-0.39, 0.29) is 0 Å². The molecular formula is C9H9Br2N3OS. The van der Waals surface area contributed by atoms with Crippen molar-refractivity contribution in [3.05, 3.63) is 20.1 Å². The van der Waals surface area contributed by atoms with Crippen LogP contribution >= 0.6 is 43.2 Å². The van der Waals surface area contributed by atoms with Crippen molar-refractivity contribution < 1.29 is 4.52 Å². The van der Waals surface area contributed by atoms with Crippen molar-refractivity contribution in [2.75, 3.05) is 6.54 Å². The zero-order valence-corrected chi connectivity index (χ0v) is 12.2. The quantitative estimate of drug-likeness (QED) is 0.902. The van der Waals surface area contributed by atoms with Crippen LogP contribution in [0, 0.1) is 0 Å². The number of thiophene rings is 1. The predicted octanol–water partition coefficient (Wildman–Crippen LogP) is 3.21. The third-order valence-electron chi connectivity index (χ3n) is 1.93. The lowest BCUT2D eigenvalue weighted by molar-refractivity contribution is 0.422. The van der Waals surface area contributed by atoms with E-state index in [1.807, 2.05) is 6.07 Å². The Labute approximate surface area is 113 Å². The average molecular weight is 367 g/mol. The summed E-state index contributed by atoms with van der Waals surface area (Å²) in [5, 5.41) is 3.90. The van der Waals surface area contributed by atoms with Gasteiger partial charge in [0.1, 0.15) is 0 Å². The van der Waals surface area contributed by atoms with E-state index in [1.54, 1.807) is 11.3 Å². The molecule has 0 unspecified atom stereocenters. The summed E-state index contributed by atoms with van der Waals surface area (Å²) in [5.74, 6) is 1.27. The van der Waals surface area contributed by atoms with E-state index in [4.69, 9.17) is 10.3 Å². The number of aryl methyl sites for hydroxylation is 1. The Morgan fingerprint density at radius 3 is 2.88 bits per heavy atom. The average Bonchev–Trinajstić information content (AvgIpc) is 2.84. The Hall–Kier alpha value is -0.240. The fourth-order valence-corrected chi connectivity index (χ4v) is 3.13. The maximum Gasteiger partial charge on any atom is 0.268 e. The third kappa shape index (κ3) is 2.71. The van der Waals surface area contributed by atoms with E-state index in [0.29, 0.717) is 18.3 Å². The van der Waals surface area contributed by atoms with E-state index in [2.05, 4.69) is 42.0 Å². The fraction of sp³-hybridized carbons (Fsp3) is 0.333. The molecule has 0 atom stereocenters. The molecule has 2 aromatic rings. The highest BCUT2D eigenvalue weighted by molar-refractivity contribution is 9.13. The van der Waals surface area contributed by atoms with Crippen molar-refractivity contribution in [1.29, 1.82) is 0 Å². The normalized spacial score (nSPS) is 10.9. The van der Waals surface area contributed by atoms with E-state index < -0.39 is 0 Å². The minimum atomic E-state index is 0.559. The van der Waals surface area contributed by atoms with Crippen molar-refractivity contribution in [3.63, 3.8) is 0 Å². The monoisotopic (exact) mass is 365 g/mol. The zero-order chi connectivity index (χ0) is 11.5. The summed E-state index contributed by atoms with van der Waals surface area (Å²) < 4.78 is 7.20. The van der Waals surface area contributed by atoms with Gasteiger partial charge in [0.2, 0.25) is 0 Å². The first kappa shape index (κ1) is 12.2. The first-order valence-electron chi connectivity index (χ1n) is 4.68. The van der Waals surface area contributed by atoms with Crippen molar-refractivity contribution in [2.24, 2.45) is 5.73 Å². The lowest BCUT2D eigenvalue weighted by atomic mass is 10.3. The molecule has 4 nitrogen and oxygen atoms in total. The molecule has 2 heterocycles. The fourth-order valence-electron chi connectivity index (χ4n) is 1.17. The van der Waals surface area contributed by atoms with Crippen molar-refractivity contribution >= 4 is 43.2 Å². The molecule has 0 spiro atoms. The summed E-state index contributed by atoms with van der Waals surface area (Å²) in [4.78, 5) is 5.26. The molecule has 0 aliphatic heterocycles. The van der Waals surface area contributed by atoms with Crippen LogP contribution in [0.1, 0.15) is 12.2 Å². The molecule has 0 bridgehead atoms. The van der Waals surface area contributed by atoms with Crippen LogP contribution in [0.15, 0.2) is 18.8 Å². The van der Waals surface area contributed by atoms with Gasteiger partial charge in [0.15, 0.2) is 5.82 Å². The minimum Gasteiger partial charge on any atom is -0.333 e. The number of nitrogens with two attached hydrogens (primary N) is 1. The highest BCUT2D eigenvalue weighted by atomic mass is 79.9. The molecule has 0 saturated carbocycles. The number of aromatic nitrogens is 2. The van der Waals surface area contributed by atoms with Crippen molar-refractivity contribution in [1.82, 2.24) is 10.1 Å². The summed E-state index contributed by atoms with van der Waals surface area (Å²) in [6.45, 7) is 0.639. The first-order chi connectivity index (χ1) is 7.70. The molecule has 16 heavy (non-hydrogen) atoms. The second kappa shape index (κ2) is 5.39. The predicted molar refractivity (Wildman–Crippen MR) is 70.4 cm³/mol. The third-order valence-corrected chi connectivity index (χ3v) is 5.17. The van der Waals surface area contributed by atoms with Crippen LogP contribution in [0.25, 0.3) is 10.8 Å². The van der Waals surface area contributed by atoms with Gasteiger partial charge in [-0.3, -0.25) is 0 Å². The summed E-state index contributed by atoms with van der Waals surface area (Å²) in [6.07, 6.45) is 1.63. The SMILES string of the molecule is NCCCc1noc(-c2cc(Br)c(Br)s2)n1. The lowest BCUT2D eigenvalue weighted by Crippen LogP contribution is -2.01. The van der Waals surface area contributed by atoms with Crippen LogP contribution in [-0.2, 0) is 6.42 Å². The van der Waals surface area contributed by atoms with Gasteiger partial charge >= 0.3 is 0 Å². The second-order valence-corrected chi connectivity index (χ2v) is 6.36. The zero-order valence-electron chi connectivity index (χ0n) is 8.24. The van der Waals surface area contributed by atoms with E-state index in [1.165, 1.54) is 0 Å².